The zero-order chi connectivity index (χ0) is 32.6. The number of aromatic nitrogens is 4. The Morgan fingerprint density at radius 3 is 1.96 bits per heavy atom. The van der Waals surface area contributed by atoms with E-state index in [0.29, 0.717) is 48.3 Å². The summed E-state index contributed by atoms with van der Waals surface area (Å²) in [5.41, 5.74) is 3.92. The van der Waals surface area contributed by atoms with Crippen molar-refractivity contribution in [2.75, 3.05) is 29.0 Å². The number of hydrogen-bond acceptors (Lipinski definition) is 7. The first kappa shape index (κ1) is 37.6. The molecular weight excluding hydrogens is 687 g/mol. The molecular formula is C30H39Cl2F6N9O. The number of imidazole rings is 1. The number of urea groups is 1. The predicted octanol–water partition coefficient (Wildman–Crippen LogP) is 7.61. The lowest BCUT2D eigenvalue weighted by atomic mass is 9.92. The molecule has 266 valence electrons. The van der Waals surface area contributed by atoms with E-state index in [1.54, 1.807) is 0 Å². The molecule has 18 heteroatoms. The van der Waals surface area contributed by atoms with Crippen molar-refractivity contribution in [2.45, 2.75) is 101 Å². The number of nitrogens with one attached hydrogen (secondary N) is 3. The van der Waals surface area contributed by atoms with Crippen LogP contribution in [0.2, 0.25) is 0 Å². The number of anilines is 3. The second kappa shape index (κ2) is 15.1. The molecule has 0 unspecified atom stereocenters. The monoisotopic (exact) mass is 725 g/mol. The van der Waals surface area contributed by atoms with Gasteiger partial charge in [0.05, 0.1) is 17.5 Å². The number of rotatable bonds is 6. The molecule has 2 amide bonds. The molecule has 2 saturated carbocycles. The molecule has 3 aromatic rings. The van der Waals surface area contributed by atoms with Crippen molar-refractivity contribution in [3.05, 3.63) is 35.7 Å². The zero-order valence-corrected chi connectivity index (χ0v) is 27.5. The summed E-state index contributed by atoms with van der Waals surface area (Å²) in [6, 6.07) is 0.878. The van der Waals surface area contributed by atoms with Crippen LogP contribution in [0, 0.1) is 0 Å². The summed E-state index contributed by atoms with van der Waals surface area (Å²) in [6.45, 7) is 0.458. The molecule has 0 atom stereocenters. The van der Waals surface area contributed by atoms with E-state index < -0.39 is 35.2 Å². The third-order valence-electron chi connectivity index (χ3n) is 9.21. The van der Waals surface area contributed by atoms with Crippen molar-refractivity contribution in [3.63, 3.8) is 0 Å². The Morgan fingerprint density at radius 1 is 0.792 bits per heavy atom. The number of alkyl halides is 6. The minimum atomic E-state index is -5.01. The minimum absolute atomic E-state index is 0. The molecule has 3 fully saturated rings. The number of carbonyl (C=O) groups excluding carboxylic acids is 1. The van der Waals surface area contributed by atoms with Crippen LogP contribution < -0.4 is 21.7 Å². The van der Waals surface area contributed by atoms with Gasteiger partial charge in [-0.05, 0) is 69.6 Å². The number of nitrogens with zero attached hydrogens (tertiary/aromatic N) is 5. The quantitative estimate of drug-likeness (QED) is 0.193. The third kappa shape index (κ3) is 8.67. The molecule has 0 radical (unpaired) electrons. The molecule has 1 saturated heterocycles. The normalized spacial score (nSPS) is 21.0. The van der Waals surface area contributed by atoms with E-state index >= 15 is 0 Å². The first-order valence-electron chi connectivity index (χ1n) is 15.7. The molecule has 10 nitrogen and oxygen atoms in total. The van der Waals surface area contributed by atoms with Crippen molar-refractivity contribution in [1.82, 2.24) is 24.4 Å². The Labute approximate surface area is 285 Å². The van der Waals surface area contributed by atoms with Crippen LogP contribution in [0.3, 0.4) is 0 Å². The summed E-state index contributed by atoms with van der Waals surface area (Å²) in [5, 5.41) is 9.18. The summed E-state index contributed by atoms with van der Waals surface area (Å²) < 4.78 is 81.7. The molecule has 1 aromatic carbocycles. The topological polar surface area (TPSA) is 126 Å². The summed E-state index contributed by atoms with van der Waals surface area (Å²) >= 11 is 0. The van der Waals surface area contributed by atoms with Gasteiger partial charge in [0.2, 0.25) is 5.95 Å². The highest BCUT2D eigenvalue weighted by Crippen LogP contribution is 2.38. The summed E-state index contributed by atoms with van der Waals surface area (Å²) in [5.74, 6) is 1.08. The fourth-order valence-corrected chi connectivity index (χ4v) is 6.63. The van der Waals surface area contributed by atoms with Crippen molar-refractivity contribution in [3.8, 4) is 0 Å². The molecule has 48 heavy (non-hydrogen) atoms. The van der Waals surface area contributed by atoms with E-state index in [9.17, 15) is 31.1 Å². The summed E-state index contributed by atoms with van der Waals surface area (Å²) in [6.07, 6.45) is 0.848. The van der Waals surface area contributed by atoms with Gasteiger partial charge in [-0.15, -0.1) is 24.8 Å². The average molecular weight is 727 g/mol. The highest BCUT2D eigenvalue weighted by Gasteiger charge is 2.37. The molecule has 2 aromatic heterocycles. The average Bonchev–Trinajstić information content (AvgIpc) is 3.68. The van der Waals surface area contributed by atoms with Crippen LogP contribution >= 0.6 is 24.8 Å². The van der Waals surface area contributed by atoms with Crippen LogP contribution in [0.1, 0.15) is 81.4 Å². The number of carbonyl (C=O) groups is 1. The SMILES string of the molecule is Cl.Cl.NC1CCC(Nc2nc(NC3CCN(C(=O)Nc4cc(C(F)(F)F)cc(C(F)(F)F)c4)CC3)c3ncn(C4CCCC4)c3n2)CC1. The minimum Gasteiger partial charge on any atom is -0.365 e. The Morgan fingerprint density at radius 2 is 1.38 bits per heavy atom. The lowest BCUT2D eigenvalue weighted by Gasteiger charge is -2.33. The van der Waals surface area contributed by atoms with E-state index in [0.717, 1.165) is 57.0 Å². The second-order valence-corrected chi connectivity index (χ2v) is 12.5. The molecule has 0 bridgehead atoms. The largest absolute Gasteiger partial charge is 0.416 e. The number of nitrogens with two attached hydrogens (primary N) is 1. The number of halogens is 8. The third-order valence-corrected chi connectivity index (χ3v) is 9.21. The van der Waals surface area contributed by atoms with Crippen LogP contribution in [-0.2, 0) is 12.4 Å². The second-order valence-electron chi connectivity index (χ2n) is 12.5. The highest BCUT2D eigenvalue weighted by molar-refractivity contribution is 5.90. The first-order chi connectivity index (χ1) is 21.8. The zero-order valence-electron chi connectivity index (χ0n) is 25.9. The van der Waals surface area contributed by atoms with Crippen molar-refractivity contribution < 1.29 is 31.1 Å². The van der Waals surface area contributed by atoms with E-state index in [-0.39, 0.29) is 62.1 Å². The van der Waals surface area contributed by atoms with Gasteiger partial charge in [0, 0.05) is 42.9 Å². The van der Waals surface area contributed by atoms with Crippen molar-refractivity contribution >= 4 is 59.5 Å². The molecule has 2 aliphatic carbocycles. The van der Waals surface area contributed by atoms with Gasteiger partial charge in [-0.3, -0.25) is 0 Å². The number of hydrogen-bond donors (Lipinski definition) is 4. The fraction of sp³-hybridized carbons (Fsp3) is 0.600. The predicted molar refractivity (Wildman–Crippen MR) is 175 cm³/mol. The molecule has 0 spiro atoms. The van der Waals surface area contributed by atoms with Gasteiger partial charge in [-0.2, -0.15) is 36.3 Å². The smallest absolute Gasteiger partial charge is 0.365 e. The van der Waals surface area contributed by atoms with Crippen LogP contribution in [-0.4, -0.2) is 61.7 Å². The van der Waals surface area contributed by atoms with Gasteiger partial charge in [-0.1, -0.05) is 12.8 Å². The number of benzene rings is 1. The van der Waals surface area contributed by atoms with Gasteiger partial charge in [-0.25, -0.2) is 9.78 Å². The van der Waals surface area contributed by atoms with Gasteiger partial charge in [0.15, 0.2) is 17.0 Å². The Kier molecular flexibility index (Phi) is 11.8. The van der Waals surface area contributed by atoms with Crippen molar-refractivity contribution in [1.29, 1.82) is 0 Å². The number of likely N-dealkylation sites (tertiary alicyclic amines) is 1. The fourth-order valence-electron chi connectivity index (χ4n) is 6.63. The maximum Gasteiger partial charge on any atom is 0.416 e. The number of piperidine rings is 1. The van der Waals surface area contributed by atoms with Crippen LogP contribution in [0.15, 0.2) is 24.5 Å². The standard InChI is InChI=1S/C30H37F6N9O.2ClH/c31-29(32,33)17-13-18(30(34,35)36)15-22(14-17)41-28(46)44-11-9-21(10-12-44)39-25-24-26(45(16-38-24)23-3-1-2-4-23)43-27(42-25)40-20-7-5-19(37)6-8-20;;/h13-16,19-21,23H,1-12,37H2,(H,41,46)(H2,39,40,42,43);2*1H. The molecule has 3 aliphatic rings. The number of amides is 2. The summed E-state index contributed by atoms with van der Waals surface area (Å²) in [7, 11) is 0. The van der Waals surface area contributed by atoms with Crippen LogP contribution in [0.5, 0.6) is 0 Å². The Balaban J connectivity index is 0.00000260. The summed E-state index contributed by atoms with van der Waals surface area (Å²) in [4.78, 5) is 28.6. The molecule has 1 aliphatic heterocycles. The van der Waals surface area contributed by atoms with Gasteiger partial charge in [0.1, 0.15) is 0 Å². The maximum absolute atomic E-state index is 13.3. The van der Waals surface area contributed by atoms with E-state index in [4.69, 9.17) is 15.7 Å². The van der Waals surface area contributed by atoms with Gasteiger partial charge in [0.25, 0.3) is 0 Å². The molecule has 3 heterocycles. The lowest BCUT2D eigenvalue weighted by Crippen LogP contribution is -2.44. The Hall–Kier alpha value is -3.24. The van der Waals surface area contributed by atoms with E-state index in [1.165, 1.54) is 4.90 Å². The van der Waals surface area contributed by atoms with Gasteiger partial charge >= 0.3 is 18.4 Å². The van der Waals surface area contributed by atoms with Crippen molar-refractivity contribution in [2.24, 2.45) is 5.73 Å². The van der Waals surface area contributed by atoms with Crippen LogP contribution in [0.25, 0.3) is 11.2 Å². The molecule has 6 rings (SSSR count). The Bertz CT molecular complexity index is 1520. The van der Waals surface area contributed by atoms with E-state index in [1.807, 2.05) is 6.33 Å². The van der Waals surface area contributed by atoms with E-state index in [2.05, 4.69) is 25.5 Å². The molecule has 5 N–H and O–H groups in total. The highest BCUT2D eigenvalue weighted by atomic mass is 35.5. The van der Waals surface area contributed by atoms with Crippen LogP contribution in [0.4, 0.5) is 48.6 Å². The lowest BCUT2D eigenvalue weighted by molar-refractivity contribution is -0.143. The maximum atomic E-state index is 13.3. The van der Waals surface area contributed by atoms with Gasteiger partial charge < -0.3 is 31.2 Å². The number of fused-ring (bicyclic) bond motifs is 1. The first-order valence-corrected chi connectivity index (χ1v) is 15.7.